The molecule has 0 amide bonds. The first-order chi connectivity index (χ1) is 8.77. The van der Waals surface area contributed by atoms with Gasteiger partial charge < -0.3 is 14.8 Å². The molecular weight excluding hydrogens is 250 g/mol. The molecule has 1 aromatic rings. The highest BCUT2D eigenvalue weighted by molar-refractivity contribution is 6.30. The summed E-state index contributed by atoms with van der Waals surface area (Å²) < 4.78 is 10.7. The molecule has 3 nitrogen and oxygen atoms in total. The molecule has 1 rings (SSSR count). The van der Waals surface area contributed by atoms with Crippen molar-refractivity contribution in [2.75, 3.05) is 26.9 Å². The molecular formula is C14H22ClNO2. The number of ether oxygens (including phenoxy) is 2. The van der Waals surface area contributed by atoms with Crippen LogP contribution in [-0.4, -0.2) is 26.9 Å². The Balaban J connectivity index is 2.24. The van der Waals surface area contributed by atoms with Crippen molar-refractivity contribution in [2.45, 2.75) is 26.3 Å². The van der Waals surface area contributed by atoms with Crippen LogP contribution in [-0.2, 0) is 11.3 Å². The van der Waals surface area contributed by atoms with Gasteiger partial charge in [0.25, 0.3) is 0 Å². The molecule has 0 aromatic heterocycles. The van der Waals surface area contributed by atoms with Gasteiger partial charge in [0, 0.05) is 30.3 Å². The van der Waals surface area contributed by atoms with Crippen molar-refractivity contribution in [3.63, 3.8) is 0 Å². The van der Waals surface area contributed by atoms with Gasteiger partial charge in [0.15, 0.2) is 0 Å². The molecule has 0 spiro atoms. The summed E-state index contributed by atoms with van der Waals surface area (Å²) >= 11 is 5.97. The molecule has 0 unspecified atom stereocenters. The fraction of sp³-hybridized carbons (Fsp3) is 0.571. The second-order valence-corrected chi connectivity index (χ2v) is 4.54. The van der Waals surface area contributed by atoms with E-state index in [9.17, 15) is 0 Å². The van der Waals surface area contributed by atoms with Crippen molar-refractivity contribution in [3.05, 3.63) is 28.8 Å². The summed E-state index contributed by atoms with van der Waals surface area (Å²) in [6.07, 6.45) is 2.09. The molecule has 18 heavy (non-hydrogen) atoms. The number of hydrogen-bond acceptors (Lipinski definition) is 3. The lowest BCUT2D eigenvalue weighted by Crippen LogP contribution is -2.17. The second-order valence-electron chi connectivity index (χ2n) is 4.10. The normalized spacial score (nSPS) is 10.6. The lowest BCUT2D eigenvalue weighted by atomic mass is 10.2. The first-order valence-corrected chi connectivity index (χ1v) is 6.76. The van der Waals surface area contributed by atoms with Gasteiger partial charge in [-0.05, 0) is 37.6 Å². The van der Waals surface area contributed by atoms with Crippen molar-refractivity contribution < 1.29 is 9.47 Å². The molecule has 0 atom stereocenters. The average molecular weight is 272 g/mol. The summed E-state index contributed by atoms with van der Waals surface area (Å²) in [7, 11) is 1.67. The van der Waals surface area contributed by atoms with Gasteiger partial charge in [-0.2, -0.15) is 0 Å². The van der Waals surface area contributed by atoms with Crippen LogP contribution in [0, 0.1) is 0 Å². The average Bonchev–Trinajstić information content (AvgIpc) is 2.38. The maximum Gasteiger partial charge on any atom is 0.123 e. The highest BCUT2D eigenvalue weighted by Gasteiger charge is 2.03. The second kappa shape index (κ2) is 9.20. The molecule has 102 valence electrons. The van der Waals surface area contributed by atoms with E-state index < -0.39 is 0 Å². The van der Waals surface area contributed by atoms with E-state index in [0.717, 1.165) is 55.5 Å². The van der Waals surface area contributed by atoms with Gasteiger partial charge in [0.1, 0.15) is 5.75 Å². The summed E-state index contributed by atoms with van der Waals surface area (Å²) in [5.74, 6) is 0.870. The Kier molecular flexibility index (Phi) is 7.81. The minimum Gasteiger partial charge on any atom is -0.496 e. The molecule has 4 heteroatoms. The quantitative estimate of drug-likeness (QED) is 0.700. The van der Waals surface area contributed by atoms with E-state index >= 15 is 0 Å². The van der Waals surface area contributed by atoms with Gasteiger partial charge in [0.2, 0.25) is 0 Å². The molecule has 0 bridgehead atoms. The third kappa shape index (κ3) is 5.71. The van der Waals surface area contributed by atoms with Crippen LogP contribution >= 0.6 is 11.6 Å². The summed E-state index contributed by atoms with van der Waals surface area (Å²) in [4.78, 5) is 0. The third-order valence-electron chi connectivity index (χ3n) is 2.55. The SMILES string of the molecule is CCCOCCCNCc1cc(Cl)ccc1OC. The van der Waals surface area contributed by atoms with E-state index in [0.29, 0.717) is 0 Å². The molecule has 0 saturated heterocycles. The lowest BCUT2D eigenvalue weighted by Gasteiger charge is -2.10. The highest BCUT2D eigenvalue weighted by atomic mass is 35.5. The van der Waals surface area contributed by atoms with E-state index in [2.05, 4.69) is 12.2 Å². The van der Waals surface area contributed by atoms with Crippen LogP contribution in [0.1, 0.15) is 25.3 Å². The van der Waals surface area contributed by atoms with Crippen LogP contribution in [0.3, 0.4) is 0 Å². The predicted octanol–water partition coefficient (Wildman–Crippen LogP) is 3.25. The zero-order chi connectivity index (χ0) is 13.2. The molecule has 1 aromatic carbocycles. The molecule has 0 saturated carbocycles. The van der Waals surface area contributed by atoms with Crippen LogP contribution in [0.15, 0.2) is 18.2 Å². The Hall–Kier alpha value is -0.770. The van der Waals surface area contributed by atoms with E-state index in [-0.39, 0.29) is 0 Å². The minimum atomic E-state index is 0.735. The van der Waals surface area contributed by atoms with Gasteiger partial charge >= 0.3 is 0 Å². The van der Waals surface area contributed by atoms with Crippen LogP contribution in [0.4, 0.5) is 0 Å². The topological polar surface area (TPSA) is 30.5 Å². The maximum absolute atomic E-state index is 5.97. The summed E-state index contributed by atoms with van der Waals surface area (Å²) in [6.45, 7) is 5.47. The molecule has 0 aliphatic carbocycles. The van der Waals surface area contributed by atoms with Crippen LogP contribution in [0.5, 0.6) is 5.75 Å². The highest BCUT2D eigenvalue weighted by Crippen LogP contribution is 2.22. The number of halogens is 1. The predicted molar refractivity (Wildman–Crippen MR) is 75.4 cm³/mol. The monoisotopic (exact) mass is 271 g/mol. The van der Waals surface area contributed by atoms with Gasteiger partial charge in [-0.25, -0.2) is 0 Å². The minimum absolute atomic E-state index is 0.735. The molecule has 1 N–H and O–H groups in total. The molecule has 0 fully saturated rings. The summed E-state index contributed by atoms with van der Waals surface area (Å²) in [5, 5.41) is 4.10. The zero-order valence-corrected chi connectivity index (χ0v) is 11.9. The Morgan fingerprint density at radius 2 is 2.11 bits per heavy atom. The van der Waals surface area contributed by atoms with Gasteiger partial charge in [0.05, 0.1) is 7.11 Å². The number of methoxy groups -OCH3 is 1. The van der Waals surface area contributed by atoms with Crippen LogP contribution in [0.2, 0.25) is 5.02 Å². The van der Waals surface area contributed by atoms with Crippen LogP contribution < -0.4 is 10.1 Å². The number of rotatable bonds is 9. The largest absolute Gasteiger partial charge is 0.496 e. The zero-order valence-electron chi connectivity index (χ0n) is 11.2. The van der Waals surface area contributed by atoms with Crippen molar-refractivity contribution in [2.24, 2.45) is 0 Å². The Bertz CT molecular complexity index is 345. The van der Waals surface area contributed by atoms with Crippen molar-refractivity contribution in [1.82, 2.24) is 5.32 Å². The van der Waals surface area contributed by atoms with Gasteiger partial charge in [-0.3, -0.25) is 0 Å². The lowest BCUT2D eigenvalue weighted by molar-refractivity contribution is 0.132. The first kappa shape index (κ1) is 15.3. The fourth-order valence-corrected chi connectivity index (χ4v) is 1.85. The molecule has 0 heterocycles. The fourth-order valence-electron chi connectivity index (χ4n) is 1.65. The van der Waals surface area contributed by atoms with E-state index in [4.69, 9.17) is 21.1 Å². The first-order valence-electron chi connectivity index (χ1n) is 6.38. The van der Waals surface area contributed by atoms with E-state index in [1.54, 1.807) is 7.11 Å². The number of benzene rings is 1. The molecule has 0 aliphatic rings. The third-order valence-corrected chi connectivity index (χ3v) is 2.78. The van der Waals surface area contributed by atoms with Crippen molar-refractivity contribution >= 4 is 11.6 Å². The Labute approximate surface area is 114 Å². The smallest absolute Gasteiger partial charge is 0.123 e. The van der Waals surface area contributed by atoms with Crippen molar-refractivity contribution in [3.8, 4) is 5.75 Å². The number of hydrogen-bond donors (Lipinski definition) is 1. The molecule has 0 aliphatic heterocycles. The van der Waals surface area contributed by atoms with Crippen LogP contribution in [0.25, 0.3) is 0 Å². The standard InChI is InChI=1S/C14H22ClNO2/c1-3-8-18-9-4-7-16-11-12-10-13(15)5-6-14(12)17-2/h5-6,10,16H,3-4,7-9,11H2,1-2H3. The van der Waals surface area contributed by atoms with Crippen molar-refractivity contribution in [1.29, 1.82) is 0 Å². The van der Waals surface area contributed by atoms with Gasteiger partial charge in [-0.1, -0.05) is 18.5 Å². The maximum atomic E-state index is 5.97. The van der Waals surface area contributed by atoms with Gasteiger partial charge in [-0.15, -0.1) is 0 Å². The summed E-state index contributed by atoms with van der Waals surface area (Å²) in [5.41, 5.74) is 1.08. The number of nitrogens with one attached hydrogen (secondary N) is 1. The Morgan fingerprint density at radius 1 is 1.28 bits per heavy atom. The van der Waals surface area contributed by atoms with E-state index in [1.807, 2.05) is 18.2 Å². The Morgan fingerprint density at radius 3 is 2.83 bits per heavy atom. The summed E-state index contributed by atoms with van der Waals surface area (Å²) in [6, 6.07) is 5.66. The molecule has 0 radical (unpaired) electrons. The van der Waals surface area contributed by atoms with E-state index in [1.165, 1.54) is 0 Å².